The van der Waals surface area contributed by atoms with Crippen molar-refractivity contribution < 1.29 is 17.9 Å². The molecule has 2 aromatic carbocycles. The maximum absolute atomic E-state index is 12.9. The number of carbonyl (C=O) groups excluding carboxylic acids is 1. The van der Waals surface area contributed by atoms with E-state index in [9.17, 15) is 23.7 Å². The molecule has 2 N–H and O–H groups in total. The van der Waals surface area contributed by atoms with Gasteiger partial charge < -0.3 is 15.4 Å². The number of hydrogen-bond acceptors (Lipinski definition) is 7. The Morgan fingerprint density at radius 1 is 1.24 bits per heavy atom. The second-order valence-corrected chi connectivity index (χ2v) is 10.5. The molecule has 0 radical (unpaired) electrons. The van der Waals surface area contributed by atoms with Gasteiger partial charge in [-0.1, -0.05) is 30.3 Å². The zero-order valence-electron chi connectivity index (χ0n) is 18.2. The number of ether oxygens (including phenoxy) is 1. The Kier molecular flexibility index (Phi) is 6.22. The lowest BCUT2D eigenvalue weighted by Crippen LogP contribution is -2.57. The molecule has 0 aliphatic carbocycles. The highest BCUT2D eigenvalue weighted by Crippen LogP contribution is 2.31. The lowest BCUT2D eigenvalue weighted by molar-refractivity contribution is -0.130. The van der Waals surface area contributed by atoms with Gasteiger partial charge in [0.2, 0.25) is 5.91 Å². The van der Waals surface area contributed by atoms with E-state index in [1.807, 2.05) is 30.3 Å². The quantitative estimate of drug-likeness (QED) is 0.665. The van der Waals surface area contributed by atoms with Gasteiger partial charge in [0.1, 0.15) is 17.6 Å². The van der Waals surface area contributed by atoms with Gasteiger partial charge in [-0.2, -0.15) is 10.5 Å². The third-order valence-corrected chi connectivity index (χ3v) is 7.39. The number of rotatable bonds is 6. The largest absolute Gasteiger partial charge is 0.377 e. The van der Waals surface area contributed by atoms with Crippen LogP contribution in [-0.2, 0) is 25.8 Å². The van der Waals surface area contributed by atoms with Crippen LogP contribution in [0.2, 0.25) is 0 Å². The lowest BCUT2D eigenvalue weighted by Gasteiger charge is -2.32. The molecule has 3 atom stereocenters. The summed E-state index contributed by atoms with van der Waals surface area (Å²) in [6, 6.07) is 15.5. The molecule has 2 aliphatic rings. The summed E-state index contributed by atoms with van der Waals surface area (Å²) in [4.78, 5) is 12.9. The van der Waals surface area contributed by atoms with Crippen LogP contribution in [-0.4, -0.2) is 51.4 Å². The Morgan fingerprint density at radius 3 is 2.64 bits per heavy atom. The number of fused-ring (bicyclic) bond motifs is 2. The number of benzene rings is 2. The first-order valence-corrected chi connectivity index (χ1v) is 12.5. The zero-order valence-corrected chi connectivity index (χ0v) is 19.0. The van der Waals surface area contributed by atoms with E-state index in [-0.39, 0.29) is 22.5 Å². The smallest absolute Gasteiger partial charge is 0.241 e. The maximum Gasteiger partial charge on any atom is 0.241 e. The normalized spacial score (nSPS) is 22.7. The van der Waals surface area contributed by atoms with Crippen molar-refractivity contribution in [1.29, 1.82) is 10.5 Å². The minimum Gasteiger partial charge on any atom is -0.377 e. The van der Waals surface area contributed by atoms with Crippen LogP contribution < -0.4 is 10.6 Å². The van der Waals surface area contributed by atoms with Gasteiger partial charge in [-0.15, -0.1) is 0 Å². The van der Waals surface area contributed by atoms with Crippen molar-refractivity contribution in [2.75, 3.05) is 19.4 Å². The number of nitrogens with one attached hydrogen (secondary N) is 2. The molecule has 4 rings (SSSR count). The van der Waals surface area contributed by atoms with Gasteiger partial charge in [-0.25, -0.2) is 8.42 Å². The number of sulfone groups is 1. The third-order valence-electron chi connectivity index (χ3n) is 6.25. The Hall–Kier alpha value is -3.24. The second kappa shape index (κ2) is 8.95. The van der Waals surface area contributed by atoms with Crippen LogP contribution in [0.15, 0.2) is 47.4 Å². The van der Waals surface area contributed by atoms with Gasteiger partial charge in [-0.05, 0) is 35.2 Å². The maximum atomic E-state index is 12.9. The molecule has 0 spiro atoms. The molecule has 0 unspecified atom stereocenters. The molecule has 2 bridgehead atoms. The van der Waals surface area contributed by atoms with Crippen molar-refractivity contribution in [1.82, 2.24) is 10.6 Å². The summed E-state index contributed by atoms with van der Waals surface area (Å²) in [5.74, 6) is -0.164. The van der Waals surface area contributed by atoms with Crippen molar-refractivity contribution in [3.63, 3.8) is 0 Å². The molecule has 170 valence electrons. The summed E-state index contributed by atoms with van der Waals surface area (Å²) < 4.78 is 29.7. The summed E-state index contributed by atoms with van der Waals surface area (Å²) in [6.07, 6.45) is 2.67. The Balaban J connectivity index is 1.47. The fourth-order valence-electron chi connectivity index (χ4n) is 4.43. The third kappa shape index (κ3) is 4.76. The van der Waals surface area contributed by atoms with Gasteiger partial charge in [0.15, 0.2) is 9.84 Å². The first-order valence-electron chi connectivity index (χ1n) is 10.6. The molecule has 9 heteroatoms. The molecule has 33 heavy (non-hydrogen) atoms. The molecule has 1 amide bonds. The van der Waals surface area contributed by atoms with Crippen molar-refractivity contribution in [3.05, 3.63) is 53.6 Å². The standard InChI is InChI=1S/C24H24N4O4S/c1-33(30,31)22-11-18(6-7-19(22)13-25)17-4-2-16(3-5-17)10-20(14-26)28-23(29)24-8-9-32-21(12-24)15-27-24/h2-7,11,20-21,27H,8-10,12,15H2,1H3,(H,28,29)/t20-,21-,24-/m0/s1. The van der Waals surface area contributed by atoms with Gasteiger partial charge in [0.25, 0.3) is 0 Å². The fraction of sp³-hybridized carbons (Fsp3) is 0.375. The molecule has 0 aromatic heterocycles. The summed E-state index contributed by atoms with van der Waals surface area (Å²) in [5, 5.41) is 24.9. The van der Waals surface area contributed by atoms with E-state index in [4.69, 9.17) is 4.74 Å². The van der Waals surface area contributed by atoms with Gasteiger partial charge in [0, 0.05) is 32.2 Å². The van der Waals surface area contributed by atoms with Gasteiger partial charge in [-0.3, -0.25) is 4.79 Å². The fourth-order valence-corrected chi connectivity index (χ4v) is 5.29. The van der Waals surface area contributed by atoms with Crippen LogP contribution in [0.4, 0.5) is 0 Å². The van der Waals surface area contributed by atoms with Crippen LogP contribution >= 0.6 is 0 Å². The van der Waals surface area contributed by atoms with Crippen molar-refractivity contribution >= 4 is 15.7 Å². The van der Waals surface area contributed by atoms with Crippen molar-refractivity contribution in [3.8, 4) is 23.3 Å². The predicted molar refractivity (Wildman–Crippen MR) is 121 cm³/mol. The average Bonchev–Trinajstić information content (AvgIpc) is 3.12. The molecule has 8 nitrogen and oxygen atoms in total. The average molecular weight is 465 g/mol. The van der Waals surface area contributed by atoms with E-state index < -0.39 is 21.4 Å². The highest BCUT2D eigenvalue weighted by molar-refractivity contribution is 7.90. The van der Waals surface area contributed by atoms with E-state index in [0.717, 1.165) is 17.4 Å². The number of carbonyl (C=O) groups is 1. The SMILES string of the molecule is CS(=O)(=O)c1cc(-c2ccc(C[C@@H](C#N)NC(=O)[C@@]34CCO[C@H](CN3)C4)cc2)ccc1C#N. The number of amides is 1. The molecule has 2 saturated heterocycles. The van der Waals surface area contributed by atoms with Crippen LogP contribution in [0, 0.1) is 22.7 Å². The molecular formula is C24H24N4O4S. The van der Waals surface area contributed by atoms with Gasteiger partial charge >= 0.3 is 0 Å². The van der Waals surface area contributed by atoms with E-state index in [1.54, 1.807) is 6.07 Å². The minimum atomic E-state index is -3.54. The second-order valence-electron chi connectivity index (χ2n) is 8.56. The molecular weight excluding hydrogens is 440 g/mol. The lowest BCUT2D eigenvalue weighted by atomic mass is 9.89. The summed E-state index contributed by atoms with van der Waals surface area (Å²) in [7, 11) is -3.54. The first-order chi connectivity index (χ1) is 15.7. The van der Waals surface area contributed by atoms with Crippen LogP contribution in [0.5, 0.6) is 0 Å². The van der Waals surface area contributed by atoms with Gasteiger partial charge in [0.05, 0.1) is 22.6 Å². The number of hydrogen-bond donors (Lipinski definition) is 2. The van der Waals surface area contributed by atoms with E-state index in [0.29, 0.717) is 38.0 Å². The molecule has 2 heterocycles. The highest BCUT2D eigenvalue weighted by Gasteiger charge is 2.48. The van der Waals surface area contributed by atoms with Crippen molar-refractivity contribution in [2.45, 2.75) is 41.8 Å². The Morgan fingerprint density at radius 2 is 1.97 bits per heavy atom. The van der Waals surface area contributed by atoms with Crippen LogP contribution in [0.1, 0.15) is 24.0 Å². The predicted octanol–water partition coefficient (Wildman–Crippen LogP) is 1.70. The Labute approximate surface area is 193 Å². The van der Waals surface area contributed by atoms with E-state index >= 15 is 0 Å². The monoisotopic (exact) mass is 464 g/mol. The van der Waals surface area contributed by atoms with Crippen molar-refractivity contribution in [2.24, 2.45) is 0 Å². The molecule has 2 aromatic rings. The molecule has 0 saturated carbocycles. The van der Waals surface area contributed by atoms with Crippen LogP contribution in [0.25, 0.3) is 11.1 Å². The minimum absolute atomic E-state index is 0.00548. The number of nitriles is 2. The summed E-state index contributed by atoms with van der Waals surface area (Å²) >= 11 is 0. The Bertz CT molecular complexity index is 1260. The van der Waals surface area contributed by atoms with Crippen LogP contribution in [0.3, 0.4) is 0 Å². The topological polar surface area (TPSA) is 132 Å². The first kappa shape index (κ1) is 22.9. The van der Waals surface area contributed by atoms with E-state index in [2.05, 4.69) is 16.7 Å². The van der Waals surface area contributed by atoms with E-state index in [1.165, 1.54) is 12.1 Å². The molecule has 2 aliphatic heterocycles. The number of nitrogens with zero attached hydrogens (tertiary/aromatic N) is 2. The summed E-state index contributed by atoms with van der Waals surface area (Å²) in [5.41, 5.74) is 1.77. The summed E-state index contributed by atoms with van der Waals surface area (Å²) in [6.45, 7) is 1.17. The molecule has 2 fully saturated rings. The highest BCUT2D eigenvalue weighted by atomic mass is 32.2. The zero-order chi connectivity index (χ0) is 23.6.